The fourth-order valence-electron chi connectivity index (χ4n) is 3.56. The molecule has 0 aliphatic carbocycles. The van der Waals surface area contributed by atoms with Crippen LogP contribution in [0.25, 0.3) is 22.2 Å². The van der Waals surface area contributed by atoms with E-state index in [1.54, 1.807) is 0 Å². The van der Waals surface area contributed by atoms with Crippen molar-refractivity contribution in [1.29, 1.82) is 0 Å². The molecular formula is C23H22N2. The summed E-state index contributed by atoms with van der Waals surface area (Å²) in [6.07, 6.45) is 0. The maximum atomic E-state index is 2.44. The van der Waals surface area contributed by atoms with Crippen molar-refractivity contribution in [3.63, 3.8) is 0 Å². The molecule has 0 fully saturated rings. The lowest BCUT2D eigenvalue weighted by atomic mass is 10.1. The van der Waals surface area contributed by atoms with E-state index < -0.39 is 0 Å². The number of para-hydroxylation sites is 1. The first kappa shape index (κ1) is 15.5. The first-order valence-corrected chi connectivity index (χ1v) is 8.63. The highest BCUT2D eigenvalue weighted by Crippen LogP contribution is 2.40. The van der Waals surface area contributed by atoms with Gasteiger partial charge in [-0.15, -0.1) is 0 Å². The minimum Gasteiger partial charge on any atom is -0.375 e. The number of fused-ring (bicyclic) bond motifs is 1. The van der Waals surface area contributed by atoms with Crippen LogP contribution in [0.1, 0.15) is 5.56 Å². The fraction of sp³-hybridized carbons (Fsp3) is 0.130. The highest BCUT2D eigenvalue weighted by atomic mass is 15.1. The van der Waals surface area contributed by atoms with Crippen molar-refractivity contribution in [2.24, 2.45) is 0 Å². The van der Waals surface area contributed by atoms with Gasteiger partial charge >= 0.3 is 0 Å². The number of hydrogen-bond donors (Lipinski definition) is 0. The summed E-state index contributed by atoms with van der Waals surface area (Å²) in [6.45, 7) is 0.861. The van der Waals surface area contributed by atoms with E-state index in [9.17, 15) is 0 Å². The molecule has 25 heavy (non-hydrogen) atoms. The normalized spacial score (nSPS) is 11.0. The van der Waals surface area contributed by atoms with Crippen molar-refractivity contribution in [2.75, 3.05) is 19.0 Å². The number of rotatable bonds is 4. The van der Waals surface area contributed by atoms with E-state index in [0.29, 0.717) is 0 Å². The van der Waals surface area contributed by atoms with Gasteiger partial charge in [-0.2, -0.15) is 0 Å². The van der Waals surface area contributed by atoms with Crippen LogP contribution in [0.2, 0.25) is 0 Å². The predicted molar refractivity (Wildman–Crippen MR) is 107 cm³/mol. The van der Waals surface area contributed by atoms with Crippen LogP contribution in [-0.2, 0) is 6.54 Å². The summed E-state index contributed by atoms with van der Waals surface area (Å²) in [5, 5.41) is 1.29. The minimum absolute atomic E-state index is 0.861. The van der Waals surface area contributed by atoms with Gasteiger partial charge in [0.1, 0.15) is 0 Å². The Morgan fingerprint density at radius 3 is 2.00 bits per heavy atom. The molecule has 124 valence electrons. The Kier molecular flexibility index (Phi) is 4.02. The van der Waals surface area contributed by atoms with Crippen molar-refractivity contribution in [3.8, 4) is 11.3 Å². The van der Waals surface area contributed by atoms with E-state index in [1.165, 1.54) is 33.4 Å². The molecule has 0 amide bonds. The minimum atomic E-state index is 0.861. The Morgan fingerprint density at radius 1 is 0.720 bits per heavy atom. The lowest BCUT2D eigenvalue weighted by Gasteiger charge is -2.17. The van der Waals surface area contributed by atoms with Gasteiger partial charge < -0.3 is 9.47 Å². The molecule has 0 aliphatic rings. The lowest BCUT2D eigenvalue weighted by molar-refractivity contribution is 0.843. The first-order valence-electron chi connectivity index (χ1n) is 8.63. The van der Waals surface area contributed by atoms with E-state index in [4.69, 9.17) is 0 Å². The summed E-state index contributed by atoms with van der Waals surface area (Å²) >= 11 is 0. The molecule has 2 nitrogen and oxygen atoms in total. The second-order valence-electron chi connectivity index (χ2n) is 6.55. The standard InChI is InChI=1S/C23H22N2/c1-24(2)23-20-15-9-10-16-21(20)25(17-18-11-5-3-6-12-18)22(23)19-13-7-4-8-14-19/h3-16H,17H2,1-2H3. The van der Waals surface area contributed by atoms with Gasteiger partial charge in [-0.3, -0.25) is 0 Å². The zero-order valence-corrected chi connectivity index (χ0v) is 14.7. The quantitative estimate of drug-likeness (QED) is 0.486. The number of nitrogens with zero attached hydrogens (tertiary/aromatic N) is 2. The van der Waals surface area contributed by atoms with Gasteiger partial charge in [0.2, 0.25) is 0 Å². The molecular weight excluding hydrogens is 304 g/mol. The molecule has 0 saturated carbocycles. The third kappa shape index (κ3) is 2.80. The summed E-state index contributed by atoms with van der Waals surface area (Å²) < 4.78 is 2.44. The Bertz CT molecular complexity index is 983. The number of benzene rings is 3. The van der Waals surface area contributed by atoms with Gasteiger partial charge in [-0.25, -0.2) is 0 Å². The molecule has 0 atom stereocenters. The van der Waals surface area contributed by atoms with Gasteiger partial charge in [0, 0.05) is 31.6 Å². The van der Waals surface area contributed by atoms with E-state index in [2.05, 4.69) is 108 Å². The van der Waals surface area contributed by atoms with Crippen LogP contribution in [-0.4, -0.2) is 18.7 Å². The molecule has 0 saturated heterocycles. The van der Waals surface area contributed by atoms with Gasteiger partial charge in [-0.05, 0) is 11.6 Å². The van der Waals surface area contributed by atoms with Crippen LogP contribution < -0.4 is 4.90 Å². The van der Waals surface area contributed by atoms with Gasteiger partial charge in [-0.1, -0.05) is 78.9 Å². The number of anilines is 1. The molecule has 4 rings (SSSR count). The SMILES string of the molecule is CN(C)c1c(-c2ccccc2)n(Cc2ccccc2)c2ccccc12. The molecule has 1 heterocycles. The molecule has 0 bridgehead atoms. The summed E-state index contributed by atoms with van der Waals surface area (Å²) in [7, 11) is 4.25. The fourth-order valence-corrected chi connectivity index (χ4v) is 3.56. The maximum Gasteiger partial charge on any atom is 0.0732 e. The van der Waals surface area contributed by atoms with E-state index in [-0.39, 0.29) is 0 Å². The van der Waals surface area contributed by atoms with Gasteiger partial charge in [0.15, 0.2) is 0 Å². The molecule has 0 radical (unpaired) electrons. The van der Waals surface area contributed by atoms with Crippen molar-refractivity contribution in [3.05, 3.63) is 90.5 Å². The van der Waals surface area contributed by atoms with Crippen LogP contribution in [0.4, 0.5) is 5.69 Å². The Labute approximate surface area is 149 Å². The van der Waals surface area contributed by atoms with Crippen LogP contribution in [0.3, 0.4) is 0 Å². The summed E-state index contributed by atoms with van der Waals surface area (Å²) in [5.41, 5.74) is 6.38. The Hall–Kier alpha value is -3.00. The average Bonchev–Trinajstić information content (AvgIpc) is 2.98. The second-order valence-corrected chi connectivity index (χ2v) is 6.55. The molecule has 3 aromatic carbocycles. The van der Waals surface area contributed by atoms with E-state index in [0.717, 1.165) is 6.54 Å². The molecule has 1 aromatic heterocycles. The molecule has 0 N–H and O–H groups in total. The summed E-state index contributed by atoms with van der Waals surface area (Å²) in [6, 6.07) is 30.0. The van der Waals surface area contributed by atoms with Gasteiger partial charge in [0.25, 0.3) is 0 Å². The Morgan fingerprint density at radius 2 is 1.32 bits per heavy atom. The van der Waals surface area contributed by atoms with Crippen LogP contribution in [0, 0.1) is 0 Å². The van der Waals surface area contributed by atoms with Crippen molar-refractivity contribution < 1.29 is 0 Å². The van der Waals surface area contributed by atoms with Gasteiger partial charge in [0.05, 0.1) is 16.9 Å². The van der Waals surface area contributed by atoms with Crippen LogP contribution in [0.15, 0.2) is 84.9 Å². The zero-order chi connectivity index (χ0) is 17.2. The lowest BCUT2D eigenvalue weighted by Crippen LogP contribution is -2.10. The zero-order valence-electron chi connectivity index (χ0n) is 14.7. The molecule has 0 unspecified atom stereocenters. The number of hydrogen-bond acceptors (Lipinski definition) is 1. The van der Waals surface area contributed by atoms with E-state index in [1.807, 2.05) is 0 Å². The highest BCUT2D eigenvalue weighted by Gasteiger charge is 2.19. The molecule has 0 aliphatic heterocycles. The molecule has 0 spiro atoms. The topological polar surface area (TPSA) is 8.17 Å². The summed E-state index contributed by atoms with van der Waals surface area (Å²) in [4.78, 5) is 2.23. The molecule has 2 heteroatoms. The monoisotopic (exact) mass is 326 g/mol. The van der Waals surface area contributed by atoms with Crippen molar-refractivity contribution >= 4 is 16.6 Å². The highest BCUT2D eigenvalue weighted by molar-refractivity contribution is 6.02. The number of aromatic nitrogens is 1. The Balaban J connectivity index is 2.02. The largest absolute Gasteiger partial charge is 0.375 e. The third-order valence-corrected chi connectivity index (χ3v) is 4.62. The van der Waals surface area contributed by atoms with Crippen molar-refractivity contribution in [2.45, 2.75) is 6.54 Å². The summed E-state index contributed by atoms with van der Waals surface area (Å²) in [5.74, 6) is 0. The van der Waals surface area contributed by atoms with Crippen LogP contribution in [0.5, 0.6) is 0 Å². The average molecular weight is 326 g/mol. The van der Waals surface area contributed by atoms with Crippen LogP contribution >= 0.6 is 0 Å². The molecule has 4 aromatic rings. The second kappa shape index (κ2) is 6.48. The smallest absolute Gasteiger partial charge is 0.0732 e. The first-order chi connectivity index (χ1) is 12.3. The van der Waals surface area contributed by atoms with E-state index >= 15 is 0 Å². The third-order valence-electron chi connectivity index (χ3n) is 4.62. The maximum absolute atomic E-state index is 2.44. The van der Waals surface area contributed by atoms with Crippen molar-refractivity contribution in [1.82, 2.24) is 4.57 Å². The predicted octanol–water partition coefficient (Wildman–Crippen LogP) is 5.42.